The highest BCUT2D eigenvalue weighted by molar-refractivity contribution is 9.10. The molecule has 1 aliphatic heterocycles. The van der Waals surface area contributed by atoms with Gasteiger partial charge in [0.2, 0.25) is 10.0 Å². The number of piperidine rings is 1. The molecule has 9 heteroatoms. The predicted molar refractivity (Wildman–Crippen MR) is 117 cm³/mol. The molecule has 1 saturated heterocycles. The summed E-state index contributed by atoms with van der Waals surface area (Å²) in [4.78, 5) is 14.7. The Bertz CT molecular complexity index is 993. The zero-order chi connectivity index (χ0) is 21.3. The summed E-state index contributed by atoms with van der Waals surface area (Å²) < 4.78 is 28.4. The van der Waals surface area contributed by atoms with Crippen molar-refractivity contribution in [2.45, 2.75) is 39.7 Å². The number of aromatic nitrogens is 2. The van der Waals surface area contributed by atoms with Crippen LogP contribution in [0.3, 0.4) is 0 Å². The van der Waals surface area contributed by atoms with E-state index in [1.165, 1.54) is 4.31 Å². The second-order valence-corrected chi connectivity index (χ2v) is 10.5. The molecule has 0 saturated carbocycles. The number of likely N-dealkylation sites (tertiary alicyclic amines) is 1. The lowest BCUT2D eigenvalue weighted by Gasteiger charge is -2.36. The molecule has 2 heterocycles. The molecule has 1 fully saturated rings. The minimum Gasteiger partial charge on any atom is -0.339 e. The van der Waals surface area contributed by atoms with Crippen molar-refractivity contribution < 1.29 is 13.2 Å². The molecule has 0 aliphatic carbocycles. The maximum atomic E-state index is 12.9. The topological polar surface area (TPSA) is 75.5 Å². The summed E-state index contributed by atoms with van der Waals surface area (Å²) in [5.41, 5.74) is 3.45. The summed E-state index contributed by atoms with van der Waals surface area (Å²) in [5, 5.41) is 4.52. The van der Waals surface area contributed by atoms with Gasteiger partial charge in [0.25, 0.3) is 5.91 Å². The fourth-order valence-corrected chi connectivity index (χ4v) is 4.99. The van der Waals surface area contributed by atoms with Gasteiger partial charge in [-0.15, -0.1) is 0 Å². The molecule has 1 amide bonds. The Morgan fingerprint density at radius 2 is 1.79 bits per heavy atom. The van der Waals surface area contributed by atoms with Crippen LogP contribution in [0.4, 0.5) is 0 Å². The first-order valence-electron chi connectivity index (χ1n) is 9.72. The molecule has 2 aromatic rings. The molecule has 0 N–H and O–H groups in total. The lowest BCUT2D eigenvalue weighted by Crippen LogP contribution is -2.47. The predicted octanol–water partition coefficient (Wildman–Crippen LogP) is 3.14. The van der Waals surface area contributed by atoms with Gasteiger partial charge in [-0.2, -0.15) is 5.10 Å². The summed E-state index contributed by atoms with van der Waals surface area (Å²) in [6.45, 7) is 6.69. The smallest absolute Gasteiger partial charge is 0.253 e. The van der Waals surface area contributed by atoms with Crippen molar-refractivity contribution in [2.75, 3.05) is 25.9 Å². The highest BCUT2D eigenvalue weighted by Crippen LogP contribution is 2.24. The number of amides is 1. The third-order valence-electron chi connectivity index (χ3n) is 5.63. The SMILES string of the molecule is CCS(=O)(=O)N(C)C1CCN(C(=O)c2ccc(-n3nc(C)c(Br)c3C)cc2)CC1. The van der Waals surface area contributed by atoms with Gasteiger partial charge in [-0.25, -0.2) is 17.4 Å². The Balaban J connectivity index is 1.67. The molecule has 29 heavy (non-hydrogen) atoms. The van der Waals surface area contributed by atoms with Gasteiger partial charge in [-0.05, 0) is 73.8 Å². The number of carbonyl (C=O) groups excluding carboxylic acids is 1. The minimum atomic E-state index is -3.21. The standard InChI is InChI=1S/C20H27BrN4O3S/c1-5-29(27,28)23(4)17-10-12-24(13-11-17)20(26)16-6-8-18(9-7-16)25-15(3)19(21)14(2)22-25/h6-9,17H,5,10-13H2,1-4H3. The quantitative estimate of drug-likeness (QED) is 0.655. The molecule has 158 valence electrons. The normalized spacial score (nSPS) is 15.9. The van der Waals surface area contributed by atoms with E-state index in [9.17, 15) is 13.2 Å². The molecule has 1 aromatic heterocycles. The summed E-state index contributed by atoms with van der Waals surface area (Å²) in [6, 6.07) is 7.39. The van der Waals surface area contributed by atoms with Crippen molar-refractivity contribution in [3.05, 3.63) is 45.7 Å². The van der Waals surface area contributed by atoms with Gasteiger partial charge < -0.3 is 4.90 Å². The van der Waals surface area contributed by atoms with Crippen LogP contribution in [0.1, 0.15) is 41.5 Å². The van der Waals surface area contributed by atoms with Gasteiger partial charge in [-0.3, -0.25) is 4.79 Å². The van der Waals surface area contributed by atoms with Crippen molar-refractivity contribution in [1.29, 1.82) is 0 Å². The second-order valence-electron chi connectivity index (χ2n) is 7.38. The Kier molecular flexibility index (Phi) is 6.50. The second kappa shape index (κ2) is 8.57. The number of hydrogen-bond acceptors (Lipinski definition) is 4. The van der Waals surface area contributed by atoms with Crippen LogP contribution in [-0.2, 0) is 10.0 Å². The molecule has 1 aliphatic rings. The van der Waals surface area contributed by atoms with E-state index in [-0.39, 0.29) is 17.7 Å². The first-order valence-corrected chi connectivity index (χ1v) is 12.1. The van der Waals surface area contributed by atoms with Crippen molar-refractivity contribution in [3.63, 3.8) is 0 Å². The van der Waals surface area contributed by atoms with E-state index in [1.54, 1.807) is 18.9 Å². The first kappa shape index (κ1) is 22.0. The third kappa shape index (κ3) is 4.41. The first-order chi connectivity index (χ1) is 13.7. The Hall–Kier alpha value is -1.71. The fraction of sp³-hybridized carbons (Fsp3) is 0.500. The lowest BCUT2D eigenvalue weighted by molar-refractivity contribution is 0.0686. The number of hydrogen-bond donors (Lipinski definition) is 0. The molecule has 1 aromatic carbocycles. The summed E-state index contributed by atoms with van der Waals surface area (Å²) in [7, 11) is -1.57. The molecule has 0 bridgehead atoms. The molecule has 0 atom stereocenters. The molecular weight excluding hydrogens is 456 g/mol. The van der Waals surface area contributed by atoms with Gasteiger partial charge >= 0.3 is 0 Å². The molecule has 0 unspecified atom stereocenters. The van der Waals surface area contributed by atoms with Crippen molar-refractivity contribution in [3.8, 4) is 5.69 Å². The average Bonchev–Trinajstić information content (AvgIpc) is 3.00. The molecular formula is C20H27BrN4O3S. The highest BCUT2D eigenvalue weighted by atomic mass is 79.9. The van der Waals surface area contributed by atoms with Crippen LogP contribution in [0.15, 0.2) is 28.7 Å². The van der Waals surface area contributed by atoms with Gasteiger partial charge in [0.15, 0.2) is 0 Å². The number of sulfonamides is 1. The van der Waals surface area contributed by atoms with E-state index in [1.807, 2.05) is 42.8 Å². The van der Waals surface area contributed by atoms with Crippen LogP contribution in [0.5, 0.6) is 0 Å². The maximum Gasteiger partial charge on any atom is 0.253 e. The van der Waals surface area contributed by atoms with Crippen molar-refractivity contribution in [2.24, 2.45) is 0 Å². The fourth-order valence-electron chi connectivity index (χ4n) is 3.67. The monoisotopic (exact) mass is 482 g/mol. The number of rotatable bonds is 5. The summed E-state index contributed by atoms with van der Waals surface area (Å²) >= 11 is 3.53. The van der Waals surface area contributed by atoms with Gasteiger partial charge in [0.05, 0.1) is 27.3 Å². The van der Waals surface area contributed by atoms with Crippen LogP contribution in [-0.4, -0.2) is 65.2 Å². The van der Waals surface area contributed by atoms with E-state index in [2.05, 4.69) is 21.0 Å². The molecule has 0 radical (unpaired) electrons. The average molecular weight is 483 g/mol. The van der Waals surface area contributed by atoms with E-state index in [4.69, 9.17) is 0 Å². The summed E-state index contributed by atoms with van der Waals surface area (Å²) in [5.74, 6) is 0.0754. The van der Waals surface area contributed by atoms with Crippen LogP contribution in [0.2, 0.25) is 0 Å². The van der Waals surface area contributed by atoms with E-state index in [0.29, 0.717) is 31.5 Å². The number of halogens is 1. The number of nitrogens with zero attached hydrogens (tertiary/aromatic N) is 4. The molecule has 7 nitrogen and oxygen atoms in total. The number of benzene rings is 1. The third-order valence-corrected chi connectivity index (χ3v) is 8.68. The Morgan fingerprint density at radius 1 is 1.21 bits per heavy atom. The Morgan fingerprint density at radius 3 is 2.28 bits per heavy atom. The van der Waals surface area contributed by atoms with Gasteiger partial charge in [-0.1, -0.05) is 0 Å². The zero-order valence-corrected chi connectivity index (χ0v) is 19.6. The van der Waals surface area contributed by atoms with Crippen molar-refractivity contribution >= 4 is 31.9 Å². The zero-order valence-electron chi connectivity index (χ0n) is 17.2. The van der Waals surface area contributed by atoms with Gasteiger partial charge in [0.1, 0.15) is 0 Å². The number of aryl methyl sites for hydroxylation is 1. The molecule has 3 rings (SSSR count). The van der Waals surface area contributed by atoms with E-state index < -0.39 is 10.0 Å². The minimum absolute atomic E-state index is 0.0226. The van der Waals surface area contributed by atoms with E-state index >= 15 is 0 Å². The van der Waals surface area contributed by atoms with E-state index in [0.717, 1.165) is 21.5 Å². The largest absolute Gasteiger partial charge is 0.339 e. The van der Waals surface area contributed by atoms with Crippen molar-refractivity contribution in [1.82, 2.24) is 19.0 Å². The van der Waals surface area contributed by atoms with Crippen LogP contribution < -0.4 is 0 Å². The molecule has 0 spiro atoms. The van der Waals surface area contributed by atoms with Crippen LogP contribution in [0.25, 0.3) is 5.69 Å². The maximum absolute atomic E-state index is 12.9. The van der Waals surface area contributed by atoms with Crippen LogP contribution >= 0.6 is 15.9 Å². The lowest BCUT2D eigenvalue weighted by atomic mass is 10.0. The van der Waals surface area contributed by atoms with Crippen LogP contribution in [0, 0.1) is 13.8 Å². The number of carbonyl (C=O) groups is 1. The summed E-state index contributed by atoms with van der Waals surface area (Å²) in [6.07, 6.45) is 1.30. The highest BCUT2D eigenvalue weighted by Gasteiger charge is 2.30. The van der Waals surface area contributed by atoms with Gasteiger partial charge in [0, 0.05) is 31.7 Å². The Labute approximate surface area is 180 Å².